The number of aromatic amines is 1. The molecule has 0 saturated heterocycles. The van der Waals surface area contributed by atoms with E-state index < -0.39 is 0 Å². The lowest BCUT2D eigenvalue weighted by atomic mass is 9.88. The van der Waals surface area contributed by atoms with E-state index >= 15 is 0 Å². The second-order valence-electron chi connectivity index (χ2n) is 7.31. The van der Waals surface area contributed by atoms with Crippen molar-refractivity contribution in [3.63, 3.8) is 0 Å². The van der Waals surface area contributed by atoms with Gasteiger partial charge in [-0.15, -0.1) is 0 Å². The molecule has 1 aromatic heterocycles. The lowest BCUT2D eigenvalue weighted by Gasteiger charge is -2.39. The summed E-state index contributed by atoms with van der Waals surface area (Å²) in [6.07, 6.45) is 0.774. The number of nitrogens with one attached hydrogen (secondary N) is 2. The molecule has 1 aliphatic heterocycles. The van der Waals surface area contributed by atoms with Gasteiger partial charge in [0.25, 0.3) is 5.56 Å². The van der Waals surface area contributed by atoms with Gasteiger partial charge in [0.2, 0.25) is 0 Å². The molecule has 0 amide bonds. The zero-order valence-electron chi connectivity index (χ0n) is 17.9. The largest absolute Gasteiger partial charge is 0.497 e. The molecule has 0 fully saturated rings. The predicted molar refractivity (Wildman–Crippen MR) is 125 cm³/mol. The van der Waals surface area contributed by atoms with E-state index in [4.69, 9.17) is 26.4 Å². The van der Waals surface area contributed by atoms with Gasteiger partial charge in [-0.1, -0.05) is 0 Å². The van der Waals surface area contributed by atoms with Gasteiger partial charge in [-0.2, -0.15) is 0 Å². The fourth-order valence-corrected chi connectivity index (χ4v) is 4.37. The van der Waals surface area contributed by atoms with E-state index in [1.165, 1.54) is 0 Å². The SMILES string of the molecule is CNC(=S)N1CCc2cc(OC)c(OC)cc2[C@H]1c1cc2ccc(OC)cc2[nH]c1=O. The summed E-state index contributed by atoms with van der Waals surface area (Å²) in [7, 11) is 6.62. The van der Waals surface area contributed by atoms with E-state index in [-0.39, 0.29) is 11.6 Å². The molecule has 4 rings (SSSR count). The normalized spacial score (nSPS) is 15.4. The van der Waals surface area contributed by atoms with Crippen LogP contribution in [0.2, 0.25) is 0 Å². The predicted octanol–water partition coefficient (Wildman–Crippen LogP) is 3.01. The highest BCUT2D eigenvalue weighted by molar-refractivity contribution is 7.80. The van der Waals surface area contributed by atoms with Crippen LogP contribution in [0.4, 0.5) is 0 Å². The van der Waals surface area contributed by atoms with Gasteiger partial charge in [-0.3, -0.25) is 4.79 Å². The summed E-state index contributed by atoms with van der Waals surface area (Å²) >= 11 is 5.59. The van der Waals surface area contributed by atoms with E-state index in [1.807, 2.05) is 41.3 Å². The van der Waals surface area contributed by atoms with Gasteiger partial charge >= 0.3 is 0 Å². The van der Waals surface area contributed by atoms with Crippen LogP contribution in [-0.2, 0) is 6.42 Å². The summed E-state index contributed by atoms with van der Waals surface area (Å²) in [6.45, 7) is 0.674. The van der Waals surface area contributed by atoms with Gasteiger partial charge in [0.15, 0.2) is 16.6 Å². The third-order valence-corrected chi connectivity index (χ3v) is 6.16. The Morgan fingerprint density at radius 2 is 1.81 bits per heavy atom. The minimum Gasteiger partial charge on any atom is -0.497 e. The van der Waals surface area contributed by atoms with Crippen LogP contribution >= 0.6 is 12.2 Å². The van der Waals surface area contributed by atoms with Gasteiger partial charge in [0.05, 0.1) is 32.9 Å². The number of benzene rings is 2. The molecule has 31 heavy (non-hydrogen) atoms. The van der Waals surface area contributed by atoms with Crippen molar-refractivity contribution in [3.8, 4) is 17.2 Å². The second kappa shape index (κ2) is 8.47. The average Bonchev–Trinajstić information content (AvgIpc) is 2.81. The fourth-order valence-electron chi connectivity index (χ4n) is 4.17. The van der Waals surface area contributed by atoms with Crippen molar-refractivity contribution in [2.75, 3.05) is 34.9 Å². The number of thiocarbonyl (C=S) groups is 1. The third-order valence-electron chi connectivity index (χ3n) is 5.72. The molecule has 0 aliphatic carbocycles. The van der Waals surface area contributed by atoms with E-state index in [2.05, 4.69) is 10.3 Å². The maximum absolute atomic E-state index is 13.2. The first-order valence-corrected chi connectivity index (χ1v) is 10.4. The van der Waals surface area contributed by atoms with Crippen LogP contribution in [0.25, 0.3) is 10.9 Å². The number of hydrogen-bond donors (Lipinski definition) is 2. The van der Waals surface area contributed by atoms with E-state index in [0.29, 0.717) is 34.5 Å². The summed E-state index contributed by atoms with van der Waals surface area (Å²) < 4.78 is 16.3. The van der Waals surface area contributed by atoms with Gasteiger partial charge in [-0.05, 0) is 65.5 Å². The smallest absolute Gasteiger partial charge is 0.254 e. The molecule has 162 valence electrons. The molecule has 0 saturated carbocycles. The molecule has 1 atom stereocenters. The molecule has 2 aromatic carbocycles. The summed E-state index contributed by atoms with van der Waals surface area (Å²) in [5.41, 5.74) is 3.24. The van der Waals surface area contributed by atoms with Crippen LogP contribution in [0, 0.1) is 0 Å². The first kappa shape index (κ1) is 21.0. The molecule has 8 heteroatoms. The van der Waals surface area contributed by atoms with Crippen molar-refractivity contribution in [1.29, 1.82) is 0 Å². The van der Waals surface area contributed by atoms with Crippen molar-refractivity contribution in [2.45, 2.75) is 12.5 Å². The monoisotopic (exact) mass is 439 g/mol. The Morgan fingerprint density at radius 3 is 2.48 bits per heavy atom. The molecule has 0 bridgehead atoms. The Bertz CT molecular complexity index is 1210. The Hall–Kier alpha value is -3.26. The highest BCUT2D eigenvalue weighted by Crippen LogP contribution is 2.40. The standard InChI is InChI=1S/C23H25N3O4S/c1-24-23(31)26-8-7-13-10-19(29-3)20(30-4)12-16(13)21(26)17-9-14-5-6-15(28-2)11-18(14)25-22(17)27/h5-6,9-12,21H,7-8H2,1-4H3,(H,24,31)(H,25,27)/t21-/m0/s1. The Labute approximate surface area is 185 Å². The van der Waals surface area contributed by atoms with Crippen LogP contribution in [-0.4, -0.2) is 49.9 Å². The molecule has 1 aliphatic rings. The number of rotatable bonds is 4. The van der Waals surface area contributed by atoms with Crippen LogP contribution in [0.1, 0.15) is 22.7 Å². The van der Waals surface area contributed by atoms with Gasteiger partial charge in [-0.25, -0.2) is 0 Å². The second-order valence-corrected chi connectivity index (χ2v) is 7.70. The van der Waals surface area contributed by atoms with E-state index in [1.54, 1.807) is 28.4 Å². The molecule has 0 spiro atoms. The van der Waals surface area contributed by atoms with Crippen LogP contribution in [0.3, 0.4) is 0 Å². The molecule has 2 heterocycles. The number of fused-ring (bicyclic) bond motifs is 2. The number of nitrogens with zero attached hydrogens (tertiary/aromatic N) is 1. The molecule has 0 radical (unpaired) electrons. The third kappa shape index (κ3) is 3.67. The Morgan fingerprint density at radius 1 is 1.06 bits per heavy atom. The van der Waals surface area contributed by atoms with E-state index in [9.17, 15) is 4.79 Å². The van der Waals surface area contributed by atoms with E-state index in [0.717, 1.165) is 28.5 Å². The Kier molecular flexibility index (Phi) is 5.73. The van der Waals surface area contributed by atoms with Crippen molar-refractivity contribution in [2.24, 2.45) is 0 Å². The first-order valence-electron chi connectivity index (χ1n) is 9.94. The summed E-state index contributed by atoms with van der Waals surface area (Å²) in [6, 6.07) is 11.1. The zero-order chi connectivity index (χ0) is 22.1. The maximum Gasteiger partial charge on any atom is 0.254 e. The first-order chi connectivity index (χ1) is 15.0. The number of methoxy groups -OCH3 is 3. The van der Waals surface area contributed by atoms with Gasteiger partial charge < -0.3 is 29.4 Å². The number of H-pyrrole nitrogens is 1. The molecule has 7 nitrogen and oxygen atoms in total. The van der Waals surface area contributed by atoms with Gasteiger partial charge in [0, 0.05) is 25.2 Å². The number of ether oxygens (including phenoxy) is 3. The van der Waals surface area contributed by atoms with Crippen molar-refractivity contribution in [3.05, 3.63) is 63.4 Å². The molecule has 3 aromatic rings. The lowest BCUT2D eigenvalue weighted by Crippen LogP contribution is -2.46. The highest BCUT2D eigenvalue weighted by Gasteiger charge is 2.33. The number of pyridine rings is 1. The summed E-state index contributed by atoms with van der Waals surface area (Å²) in [5, 5.41) is 4.56. The number of hydrogen-bond acceptors (Lipinski definition) is 5. The van der Waals surface area contributed by atoms with Crippen LogP contribution in [0.15, 0.2) is 41.2 Å². The quantitative estimate of drug-likeness (QED) is 0.605. The zero-order valence-corrected chi connectivity index (χ0v) is 18.8. The maximum atomic E-state index is 13.2. The minimum absolute atomic E-state index is 0.169. The topological polar surface area (TPSA) is 75.8 Å². The Balaban J connectivity index is 1.94. The van der Waals surface area contributed by atoms with Crippen molar-refractivity contribution >= 4 is 28.2 Å². The minimum atomic E-state index is -0.362. The van der Waals surface area contributed by atoms with Gasteiger partial charge in [0.1, 0.15) is 5.75 Å². The van der Waals surface area contributed by atoms with Crippen LogP contribution < -0.4 is 25.1 Å². The van der Waals surface area contributed by atoms with Crippen molar-refractivity contribution in [1.82, 2.24) is 15.2 Å². The fraction of sp³-hybridized carbons (Fsp3) is 0.304. The summed E-state index contributed by atoms with van der Waals surface area (Å²) in [5.74, 6) is 1.98. The molecular weight excluding hydrogens is 414 g/mol. The molecule has 0 unspecified atom stereocenters. The highest BCUT2D eigenvalue weighted by atomic mass is 32.1. The average molecular weight is 440 g/mol. The lowest BCUT2D eigenvalue weighted by molar-refractivity contribution is 0.324. The molecule has 2 N–H and O–H groups in total. The van der Waals surface area contributed by atoms with Crippen LogP contribution in [0.5, 0.6) is 17.2 Å². The van der Waals surface area contributed by atoms with Crippen molar-refractivity contribution < 1.29 is 14.2 Å². The summed E-state index contributed by atoms with van der Waals surface area (Å²) in [4.78, 5) is 18.3. The number of aromatic nitrogens is 1. The molecular formula is C23H25N3O4S.